The molecule has 146 valence electrons. The van der Waals surface area contributed by atoms with Gasteiger partial charge in [0.15, 0.2) is 0 Å². The highest BCUT2D eigenvalue weighted by Crippen LogP contribution is 2.36. The van der Waals surface area contributed by atoms with E-state index in [9.17, 15) is 5.11 Å². The maximum Gasteiger partial charge on any atom is 0.0891 e. The first-order valence-corrected chi connectivity index (χ1v) is 11.2. The molecule has 0 spiro atoms. The lowest BCUT2D eigenvalue weighted by molar-refractivity contribution is 0.167. The molecule has 3 nitrogen and oxygen atoms in total. The predicted molar refractivity (Wildman–Crippen MR) is 125 cm³/mol. The summed E-state index contributed by atoms with van der Waals surface area (Å²) in [6, 6.07) is 12.7. The predicted octanol–water partition coefficient (Wildman–Crippen LogP) is 6.18. The van der Waals surface area contributed by atoms with Gasteiger partial charge in [0.05, 0.1) is 12.6 Å². The van der Waals surface area contributed by atoms with Crippen molar-refractivity contribution in [3.05, 3.63) is 67.7 Å². The first-order valence-electron chi connectivity index (χ1n) is 9.58. The Bertz CT molecular complexity index is 1070. The van der Waals surface area contributed by atoms with Crippen molar-refractivity contribution in [2.45, 2.75) is 39.3 Å². The Morgan fingerprint density at radius 3 is 2.68 bits per heavy atom. The molecule has 1 aromatic heterocycles. The van der Waals surface area contributed by atoms with E-state index < -0.39 is 6.10 Å². The molecule has 3 aromatic rings. The minimum Gasteiger partial charge on any atom is -0.389 e. The highest BCUT2D eigenvalue weighted by molar-refractivity contribution is 9.11. The van der Waals surface area contributed by atoms with Gasteiger partial charge in [0.25, 0.3) is 0 Å². The number of aromatic nitrogens is 1. The molecule has 0 saturated heterocycles. The van der Waals surface area contributed by atoms with Gasteiger partial charge in [0.1, 0.15) is 0 Å². The molecule has 0 radical (unpaired) electrons. The van der Waals surface area contributed by atoms with Gasteiger partial charge in [-0.2, -0.15) is 0 Å². The van der Waals surface area contributed by atoms with E-state index in [2.05, 4.69) is 98.1 Å². The van der Waals surface area contributed by atoms with Crippen LogP contribution in [0.25, 0.3) is 17.0 Å². The molecule has 1 unspecified atom stereocenters. The van der Waals surface area contributed by atoms with Gasteiger partial charge < -0.3 is 15.0 Å². The fourth-order valence-electron chi connectivity index (χ4n) is 3.87. The van der Waals surface area contributed by atoms with Crippen molar-refractivity contribution in [3.8, 4) is 0 Å². The summed E-state index contributed by atoms with van der Waals surface area (Å²) in [5.74, 6) is 0. The third kappa shape index (κ3) is 3.93. The van der Waals surface area contributed by atoms with Gasteiger partial charge in [0, 0.05) is 38.9 Å². The zero-order valence-electron chi connectivity index (χ0n) is 16.1. The zero-order chi connectivity index (χ0) is 19.8. The monoisotopic (exact) mass is 502 g/mol. The van der Waals surface area contributed by atoms with Crippen LogP contribution in [0.3, 0.4) is 0 Å². The molecule has 4 rings (SSSR count). The maximum absolute atomic E-state index is 10.8. The molecule has 1 aliphatic carbocycles. The number of fused-ring (bicyclic) bond motifs is 3. The Morgan fingerprint density at radius 2 is 1.89 bits per heavy atom. The van der Waals surface area contributed by atoms with Crippen molar-refractivity contribution < 1.29 is 5.11 Å². The van der Waals surface area contributed by atoms with Gasteiger partial charge in [-0.3, -0.25) is 0 Å². The zero-order valence-corrected chi connectivity index (χ0v) is 19.3. The normalized spacial score (nSPS) is 14.7. The van der Waals surface area contributed by atoms with Crippen molar-refractivity contribution >= 4 is 54.5 Å². The van der Waals surface area contributed by atoms with Gasteiger partial charge in [0.2, 0.25) is 0 Å². The largest absolute Gasteiger partial charge is 0.389 e. The van der Waals surface area contributed by atoms with Crippen LogP contribution in [-0.4, -0.2) is 22.3 Å². The minimum atomic E-state index is -0.473. The number of aryl methyl sites for hydroxylation is 2. The minimum absolute atomic E-state index is 0.473. The molecule has 1 atom stereocenters. The highest BCUT2D eigenvalue weighted by Gasteiger charge is 2.21. The molecule has 28 heavy (non-hydrogen) atoms. The van der Waals surface area contributed by atoms with Crippen LogP contribution in [0.5, 0.6) is 0 Å². The second kappa shape index (κ2) is 8.05. The van der Waals surface area contributed by atoms with Gasteiger partial charge in [-0.1, -0.05) is 37.9 Å². The Kier molecular flexibility index (Phi) is 5.68. The average molecular weight is 504 g/mol. The Morgan fingerprint density at radius 1 is 1.07 bits per heavy atom. The summed E-state index contributed by atoms with van der Waals surface area (Å²) in [5.41, 5.74) is 7.34. The van der Waals surface area contributed by atoms with E-state index in [0.29, 0.717) is 13.1 Å². The molecule has 5 heteroatoms. The molecule has 1 aliphatic rings. The maximum atomic E-state index is 10.8. The standard InChI is InChI=1S/C23H24Br2N2O/c1-14-3-6-18(9-15(14)2)26-12-19(28)13-27-22-7-4-16(24)10-20(22)21-11-17(25)5-8-23(21)27/h3-4,6-7,9-11,19,26,28H,5,8,12-13H2,1-2H3. The van der Waals surface area contributed by atoms with E-state index in [-0.39, 0.29) is 0 Å². The summed E-state index contributed by atoms with van der Waals surface area (Å²) in [5, 5.41) is 15.4. The molecule has 0 fully saturated rings. The van der Waals surface area contributed by atoms with E-state index in [0.717, 1.165) is 23.0 Å². The first-order chi connectivity index (χ1) is 13.4. The first kappa shape index (κ1) is 19.7. The van der Waals surface area contributed by atoms with Crippen molar-refractivity contribution in [1.82, 2.24) is 4.57 Å². The number of hydrogen-bond acceptors (Lipinski definition) is 2. The molecular weight excluding hydrogens is 480 g/mol. The fourth-order valence-corrected chi connectivity index (χ4v) is 4.66. The van der Waals surface area contributed by atoms with Crippen LogP contribution in [0.2, 0.25) is 0 Å². The topological polar surface area (TPSA) is 37.2 Å². The van der Waals surface area contributed by atoms with Crippen molar-refractivity contribution in [2.75, 3.05) is 11.9 Å². The summed E-state index contributed by atoms with van der Waals surface area (Å²) < 4.78 is 4.60. The number of aliphatic hydroxyl groups is 1. The fraction of sp³-hybridized carbons (Fsp3) is 0.304. The second-order valence-corrected chi connectivity index (χ2v) is 9.49. The Labute approximate surface area is 182 Å². The number of allylic oxidation sites excluding steroid dienone is 1. The number of nitrogens with one attached hydrogen (secondary N) is 1. The van der Waals surface area contributed by atoms with Crippen LogP contribution in [0, 0.1) is 13.8 Å². The number of anilines is 1. The van der Waals surface area contributed by atoms with Crippen LogP contribution in [-0.2, 0) is 13.0 Å². The van der Waals surface area contributed by atoms with Crippen LogP contribution in [0.1, 0.15) is 28.8 Å². The van der Waals surface area contributed by atoms with Crippen molar-refractivity contribution in [1.29, 1.82) is 0 Å². The van der Waals surface area contributed by atoms with E-state index in [1.807, 2.05) is 0 Å². The van der Waals surface area contributed by atoms with Crippen molar-refractivity contribution in [2.24, 2.45) is 0 Å². The summed E-state index contributed by atoms with van der Waals surface area (Å²) in [7, 11) is 0. The van der Waals surface area contributed by atoms with Crippen LogP contribution in [0.4, 0.5) is 5.69 Å². The van der Waals surface area contributed by atoms with Gasteiger partial charge in [-0.25, -0.2) is 0 Å². The van der Waals surface area contributed by atoms with Gasteiger partial charge in [-0.05, 0) is 78.7 Å². The number of halogens is 2. The molecule has 0 aliphatic heterocycles. The van der Waals surface area contributed by atoms with Gasteiger partial charge >= 0.3 is 0 Å². The Hall–Kier alpha value is -1.56. The summed E-state index contributed by atoms with van der Waals surface area (Å²) in [6.07, 6.45) is 3.74. The lowest BCUT2D eigenvalue weighted by Crippen LogP contribution is -2.26. The van der Waals surface area contributed by atoms with Crippen LogP contribution < -0.4 is 5.32 Å². The quantitative estimate of drug-likeness (QED) is 0.436. The van der Waals surface area contributed by atoms with E-state index in [4.69, 9.17) is 0 Å². The molecule has 1 heterocycles. The second-order valence-electron chi connectivity index (χ2n) is 7.56. The lowest BCUT2D eigenvalue weighted by Gasteiger charge is -2.19. The Balaban J connectivity index is 1.58. The molecule has 2 N–H and O–H groups in total. The van der Waals surface area contributed by atoms with E-state index in [1.54, 1.807) is 0 Å². The number of hydrogen-bond donors (Lipinski definition) is 2. The SMILES string of the molecule is Cc1ccc(NCC(O)Cn2c3c(c4cc(Br)ccc42)C=C(Br)CC3)cc1C. The van der Waals surface area contributed by atoms with Crippen LogP contribution >= 0.6 is 31.9 Å². The summed E-state index contributed by atoms with van der Waals surface area (Å²) >= 11 is 7.26. The summed E-state index contributed by atoms with van der Waals surface area (Å²) in [6.45, 7) is 5.32. The molecule has 0 amide bonds. The number of rotatable bonds is 5. The van der Waals surface area contributed by atoms with Crippen molar-refractivity contribution in [3.63, 3.8) is 0 Å². The summed E-state index contributed by atoms with van der Waals surface area (Å²) in [4.78, 5) is 0. The number of nitrogens with zero attached hydrogens (tertiary/aromatic N) is 1. The average Bonchev–Trinajstić information content (AvgIpc) is 2.95. The highest BCUT2D eigenvalue weighted by atomic mass is 79.9. The smallest absolute Gasteiger partial charge is 0.0891 e. The van der Waals surface area contributed by atoms with E-state index in [1.165, 1.54) is 37.8 Å². The third-order valence-corrected chi connectivity index (χ3v) is 6.64. The number of aliphatic hydroxyl groups excluding tert-OH is 1. The molecular formula is C23H24Br2N2O. The molecule has 0 bridgehead atoms. The molecule has 0 saturated carbocycles. The lowest BCUT2D eigenvalue weighted by atomic mass is 10.0. The third-order valence-electron chi connectivity index (χ3n) is 5.52. The number of benzene rings is 2. The van der Waals surface area contributed by atoms with Gasteiger partial charge in [-0.15, -0.1) is 0 Å². The molecule has 2 aromatic carbocycles. The van der Waals surface area contributed by atoms with E-state index >= 15 is 0 Å². The van der Waals surface area contributed by atoms with Crippen LogP contribution in [0.15, 0.2) is 45.4 Å².